The van der Waals surface area contributed by atoms with Crippen molar-refractivity contribution >= 4 is 5.97 Å². The van der Waals surface area contributed by atoms with Crippen LogP contribution in [-0.2, 0) is 9.53 Å². The van der Waals surface area contributed by atoms with Crippen LogP contribution in [-0.4, -0.2) is 20.2 Å². The zero-order chi connectivity index (χ0) is 17.0. The number of methoxy groups -OCH3 is 2. The fourth-order valence-corrected chi connectivity index (χ4v) is 1.46. The molecule has 0 saturated heterocycles. The smallest absolute Gasteiger partial charge is 0.302 e. The average molecular weight is 294 g/mol. The summed E-state index contributed by atoms with van der Waals surface area (Å²) in [6, 6.07) is 6.25. The summed E-state index contributed by atoms with van der Waals surface area (Å²) in [5, 5.41) is 0. The number of ether oxygens (including phenoxy) is 2. The molecule has 1 aromatic carbocycles. The predicted molar refractivity (Wildman–Crippen MR) is 90.0 cm³/mol. The minimum Gasteiger partial charge on any atom is -0.496 e. The Morgan fingerprint density at radius 2 is 1.67 bits per heavy atom. The fourth-order valence-electron chi connectivity index (χ4n) is 1.46. The lowest BCUT2D eigenvalue weighted by Crippen LogP contribution is -1.98. The fraction of sp³-hybridized carbons (Fsp3) is 0.500. The number of hydrogen-bond acceptors (Lipinski definition) is 3. The highest BCUT2D eigenvalue weighted by Crippen LogP contribution is 2.31. The number of esters is 1. The highest BCUT2D eigenvalue weighted by molar-refractivity contribution is 5.65. The number of benzene rings is 1. The highest BCUT2D eigenvalue weighted by atomic mass is 16.5. The Labute approximate surface area is 130 Å². The van der Waals surface area contributed by atoms with E-state index in [1.807, 2.05) is 26.8 Å². The number of hydrogen-bond donors (Lipinski definition) is 0. The van der Waals surface area contributed by atoms with Gasteiger partial charge >= 0.3 is 5.97 Å². The number of aryl methyl sites for hydroxylation is 1. The molecule has 0 heterocycles. The van der Waals surface area contributed by atoms with Gasteiger partial charge in [0.1, 0.15) is 5.75 Å². The molecule has 0 aliphatic rings. The van der Waals surface area contributed by atoms with E-state index in [1.165, 1.54) is 25.2 Å². The molecule has 0 N–H and O–H groups in total. The Morgan fingerprint density at radius 3 is 2.00 bits per heavy atom. The van der Waals surface area contributed by atoms with E-state index in [2.05, 4.69) is 37.3 Å². The van der Waals surface area contributed by atoms with Crippen LogP contribution in [0.5, 0.6) is 5.75 Å². The van der Waals surface area contributed by atoms with Crippen LogP contribution in [0.1, 0.15) is 51.7 Å². The Hall–Kier alpha value is -1.77. The maximum Gasteiger partial charge on any atom is 0.302 e. The van der Waals surface area contributed by atoms with Gasteiger partial charge < -0.3 is 9.47 Å². The molecule has 0 aliphatic heterocycles. The lowest BCUT2D eigenvalue weighted by atomic mass is 9.93. The number of carbonyl (C=O) groups is 1. The molecule has 1 rings (SSSR count). The first-order chi connectivity index (χ1) is 9.83. The SMILES string of the molecule is C=C(C)[C@@H](C)c1cc(C)ccc1OC.CC.COC(C)=O. The van der Waals surface area contributed by atoms with Crippen LogP contribution in [0.4, 0.5) is 0 Å². The number of carbonyl (C=O) groups excluding carboxylic acids is 1. The summed E-state index contributed by atoms with van der Waals surface area (Å²) in [4.78, 5) is 9.59. The summed E-state index contributed by atoms with van der Waals surface area (Å²) in [6.07, 6.45) is 0. The lowest BCUT2D eigenvalue weighted by molar-refractivity contribution is -0.137. The molecule has 0 aromatic heterocycles. The summed E-state index contributed by atoms with van der Waals surface area (Å²) in [6.45, 7) is 15.6. The van der Waals surface area contributed by atoms with E-state index in [-0.39, 0.29) is 5.97 Å². The predicted octanol–water partition coefficient (Wildman–Crippen LogP) is 4.89. The second kappa shape index (κ2) is 12.0. The molecule has 0 amide bonds. The quantitative estimate of drug-likeness (QED) is 0.588. The van der Waals surface area contributed by atoms with E-state index in [1.54, 1.807) is 7.11 Å². The molecule has 0 radical (unpaired) electrons. The third kappa shape index (κ3) is 8.90. The van der Waals surface area contributed by atoms with E-state index in [9.17, 15) is 4.79 Å². The van der Waals surface area contributed by atoms with Crippen molar-refractivity contribution in [1.29, 1.82) is 0 Å². The summed E-state index contributed by atoms with van der Waals surface area (Å²) in [5.41, 5.74) is 3.64. The van der Waals surface area contributed by atoms with E-state index in [4.69, 9.17) is 4.74 Å². The zero-order valence-electron chi connectivity index (χ0n) is 14.7. The third-order valence-corrected chi connectivity index (χ3v) is 2.88. The summed E-state index contributed by atoms with van der Waals surface area (Å²) < 4.78 is 9.44. The van der Waals surface area contributed by atoms with Gasteiger partial charge in [0, 0.05) is 18.4 Å². The van der Waals surface area contributed by atoms with Crippen molar-refractivity contribution in [3.05, 3.63) is 41.5 Å². The molecule has 120 valence electrons. The van der Waals surface area contributed by atoms with Crippen molar-refractivity contribution in [2.45, 2.75) is 47.5 Å². The molecule has 1 aromatic rings. The van der Waals surface area contributed by atoms with Crippen LogP contribution in [0.3, 0.4) is 0 Å². The molecular weight excluding hydrogens is 264 g/mol. The Bertz CT molecular complexity index is 436. The Balaban J connectivity index is 0. The Morgan fingerprint density at radius 1 is 1.19 bits per heavy atom. The summed E-state index contributed by atoms with van der Waals surface area (Å²) in [5.74, 6) is 1.06. The first-order valence-electron chi connectivity index (χ1n) is 7.18. The van der Waals surface area contributed by atoms with Gasteiger partial charge in [0.25, 0.3) is 0 Å². The summed E-state index contributed by atoms with van der Waals surface area (Å²) in [7, 11) is 3.06. The standard InChI is InChI=1S/C13H18O.C3H6O2.C2H6/c1-9(2)11(4)12-8-10(3)6-7-13(12)14-5;1-3(4)5-2;1-2/h6-8,11H,1H2,2-5H3;1-2H3;1-2H3/t11-;;/m1../s1. The van der Waals surface area contributed by atoms with Gasteiger partial charge in [-0.1, -0.05) is 50.6 Å². The molecule has 3 nitrogen and oxygen atoms in total. The van der Waals surface area contributed by atoms with Crippen molar-refractivity contribution in [3.8, 4) is 5.75 Å². The van der Waals surface area contributed by atoms with E-state index in [0.29, 0.717) is 5.92 Å². The zero-order valence-corrected chi connectivity index (χ0v) is 14.7. The molecular formula is C18H30O3. The largest absolute Gasteiger partial charge is 0.496 e. The topological polar surface area (TPSA) is 35.5 Å². The number of allylic oxidation sites excluding steroid dienone is 1. The van der Waals surface area contributed by atoms with Gasteiger partial charge in [-0.2, -0.15) is 0 Å². The van der Waals surface area contributed by atoms with Gasteiger partial charge in [0.05, 0.1) is 14.2 Å². The molecule has 0 saturated carbocycles. The molecule has 1 atom stereocenters. The average Bonchev–Trinajstić information content (AvgIpc) is 2.48. The lowest BCUT2D eigenvalue weighted by Gasteiger charge is -2.16. The molecule has 0 bridgehead atoms. The molecule has 3 heteroatoms. The molecule has 0 aliphatic carbocycles. The van der Waals surface area contributed by atoms with E-state index < -0.39 is 0 Å². The molecule has 21 heavy (non-hydrogen) atoms. The van der Waals surface area contributed by atoms with Crippen molar-refractivity contribution in [1.82, 2.24) is 0 Å². The van der Waals surface area contributed by atoms with Crippen LogP contribution in [0.15, 0.2) is 30.4 Å². The van der Waals surface area contributed by atoms with Gasteiger partial charge in [0.15, 0.2) is 0 Å². The van der Waals surface area contributed by atoms with Crippen LogP contribution in [0.2, 0.25) is 0 Å². The minimum absolute atomic E-state index is 0.245. The third-order valence-electron chi connectivity index (χ3n) is 2.88. The molecule has 0 spiro atoms. The van der Waals surface area contributed by atoms with Gasteiger partial charge in [-0.05, 0) is 19.9 Å². The van der Waals surface area contributed by atoms with Crippen molar-refractivity contribution < 1.29 is 14.3 Å². The van der Waals surface area contributed by atoms with Gasteiger partial charge in [-0.3, -0.25) is 4.79 Å². The van der Waals surface area contributed by atoms with Crippen molar-refractivity contribution in [2.75, 3.05) is 14.2 Å². The van der Waals surface area contributed by atoms with Crippen LogP contribution < -0.4 is 4.74 Å². The van der Waals surface area contributed by atoms with Gasteiger partial charge in [-0.15, -0.1) is 0 Å². The normalized spacial score (nSPS) is 10.1. The van der Waals surface area contributed by atoms with E-state index in [0.717, 1.165) is 11.3 Å². The van der Waals surface area contributed by atoms with Gasteiger partial charge in [-0.25, -0.2) is 0 Å². The maximum absolute atomic E-state index is 9.59. The van der Waals surface area contributed by atoms with E-state index >= 15 is 0 Å². The maximum atomic E-state index is 9.59. The first-order valence-corrected chi connectivity index (χ1v) is 7.18. The van der Waals surface area contributed by atoms with Crippen LogP contribution in [0, 0.1) is 6.92 Å². The summed E-state index contributed by atoms with van der Waals surface area (Å²) >= 11 is 0. The molecule has 0 fully saturated rings. The second-order valence-corrected chi connectivity index (χ2v) is 4.51. The minimum atomic E-state index is -0.245. The van der Waals surface area contributed by atoms with Crippen molar-refractivity contribution in [2.24, 2.45) is 0 Å². The van der Waals surface area contributed by atoms with Crippen LogP contribution >= 0.6 is 0 Å². The Kier molecular flexibility index (Phi) is 12.3. The molecule has 0 unspecified atom stereocenters. The monoisotopic (exact) mass is 294 g/mol. The first kappa shape index (κ1) is 21.5. The van der Waals surface area contributed by atoms with Crippen LogP contribution in [0.25, 0.3) is 0 Å². The van der Waals surface area contributed by atoms with Crippen molar-refractivity contribution in [3.63, 3.8) is 0 Å². The number of rotatable bonds is 3. The van der Waals surface area contributed by atoms with Gasteiger partial charge in [0.2, 0.25) is 0 Å². The highest BCUT2D eigenvalue weighted by Gasteiger charge is 2.11. The second-order valence-electron chi connectivity index (χ2n) is 4.51.